The minimum Gasteiger partial charge on any atom is -0.459 e. The molecular formula is C37H58O15. The Morgan fingerprint density at radius 3 is 2.23 bits per heavy atom. The Kier molecular flexibility index (Phi) is 13.4. The summed E-state index contributed by atoms with van der Waals surface area (Å²) >= 11 is 0. The van der Waals surface area contributed by atoms with E-state index in [0.29, 0.717) is 19.3 Å². The summed E-state index contributed by atoms with van der Waals surface area (Å²) in [5.41, 5.74) is -1.34. The van der Waals surface area contributed by atoms with Gasteiger partial charge in [0.05, 0.1) is 37.1 Å². The number of hydrogen-bond acceptors (Lipinski definition) is 15. The van der Waals surface area contributed by atoms with Crippen molar-refractivity contribution in [3.63, 3.8) is 0 Å². The molecule has 0 amide bonds. The number of carbonyl (C=O) groups excluding carboxylic acids is 3. The first-order valence-electron chi connectivity index (χ1n) is 18.6. The van der Waals surface area contributed by atoms with Gasteiger partial charge in [-0.1, -0.05) is 26.8 Å². The van der Waals surface area contributed by atoms with Gasteiger partial charge in [0, 0.05) is 50.9 Å². The first kappa shape index (κ1) is 41.0. The highest BCUT2D eigenvalue weighted by atomic mass is 16.8. The molecule has 5 heterocycles. The van der Waals surface area contributed by atoms with Gasteiger partial charge in [-0.25, -0.2) is 9.59 Å². The van der Waals surface area contributed by atoms with Gasteiger partial charge >= 0.3 is 12.1 Å². The topological polar surface area (TPSA) is 187 Å². The number of aliphatic hydroxyl groups is 2. The Hall–Kier alpha value is -2.21. The molecule has 52 heavy (non-hydrogen) atoms. The Labute approximate surface area is 305 Å². The molecule has 18 atom stereocenters. The van der Waals surface area contributed by atoms with Gasteiger partial charge in [-0.2, -0.15) is 0 Å². The molecule has 1 spiro atoms. The summed E-state index contributed by atoms with van der Waals surface area (Å²) in [5.74, 6) is -1.81. The summed E-state index contributed by atoms with van der Waals surface area (Å²) in [7, 11) is 2.97. The fraction of sp³-hybridized carbons (Fsp3) is 0.865. The second-order valence-corrected chi connectivity index (χ2v) is 15.3. The highest BCUT2D eigenvalue weighted by Gasteiger charge is 2.61. The lowest BCUT2D eigenvalue weighted by Crippen LogP contribution is -2.62. The van der Waals surface area contributed by atoms with Crippen molar-refractivity contribution in [1.29, 1.82) is 0 Å². The third-order valence-corrected chi connectivity index (χ3v) is 11.5. The third kappa shape index (κ3) is 8.84. The third-order valence-electron chi connectivity index (χ3n) is 11.5. The molecule has 15 nitrogen and oxygen atoms in total. The lowest BCUT2D eigenvalue weighted by molar-refractivity contribution is -0.308. The van der Waals surface area contributed by atoms with Crippen LogP contribution < -0.4 is 0 Å². The first-order chi connectivity index (χ1) is 24.6. The highest BCUT2D eigenvalue weighted by molar-refractivity contribution is 5.82. The van der Waals surface area contributed by atoms with Crippen molar-refractivity contribution in [3.8, 4) is 0 Å². The number of hydrogen-bond donors (Lipinski definition) is 2. The number of fused-ring (bicyclic) bond motifs is 1. The Balaban J connectivity index is 1.33. The van der Waals surface area contributed by atoms with Gasteiger partial charge in [0.15, 0.2) is 18.2 Å². The van der Waals surface area contributed by atoms with Crippen molar-refractivity contribution in [2.45, 2.75) is 159 Å². The summed E-state index contributed by atoms with van der Waals surface area (Å²) < 4.78 is 58.6. The van der Waals surface area contributed by atoms with E-state index < -0.39 is 97.1 Å². The van der Waals surface area contributed by atoms with E-state index in [0.717, 1.165) is 0 Å². The van der Waals surface area contributed by atoms with Crippen LogP contribution in [0, 0.1) is 23.7 Å². The SMILES string of the molecule is CO[C@@H]1[C@H](O)[C@@H](C)O[C@@H](OCC2[C@@H](C)OC(=O)/C=C/[C@H](C)[C@@H](O[C@@H]3O[C@H](C)C[C@@]4(OC(=O)O[C@H]4C)[C@H]3O)[C@@H](C)C[C@@H](C)C(=O)CC[C@@H]3O[C@@H]23)[C@@H]1OC. The number of ketones is 1. The standard InChI is InChI=1S/C37H58O15/c1-17-10-13-27(39)47-21(5)24(16-45-34-32(44-9)31(43-8)28(40)22(6)48-34)30-26(50-30)12-11-25(38)18(2)14-19(3)29(17)51-35-33(41)37(15-20(4)46-35)23(7)49-36(42)52-37/h10,13,17-24,26,28-35,40-41H,11-12,14-16H2,1-9H3/b13-10+/t17-,18+,19-,20+,21+,22+,23-,24?,26-,28+,29+,30-,31+,32+,33-,34+,35-,37-/m0/s1. The van der Waals surface area contributed by atoms with E-state index in [4.69, 9.17) is 47.4 Å². The Bertz CT molecular complexity index is 1280. The van der Waals surface area contributed by atoms with E-state index >= 15 is 0 Å². The van der Waals surface area contributed by atoms with Crippen molar-refractivity contribution >= 4 is 17.9 Å². The minimum atomic E-state index is -1.35. The lowest BCUT2D eigenvalue weighted by Gasteiger charge is -2.46. The maximum Gasteiger partial charge on any atom is 0.509 e. The van der Waals surface area contributed by atoms with Gasteiger partial charge in [-0.05, 0) is 46.5 Å². The van der Waals surface area contributed by atoms with Crippen LogP contribution in [0.15, 0.2) is 12.2 Å². The Morgan fingerprint density at radius 1 is 0.865 bits per heavy atom. The fourth-order valence-electron chi connectivity index (χ4n) is 8.32. The molecule has 4 saturated heterocycles. The predicted octanol–water partition coefficient (Wildman–Crippen LogP) is 2.85. The lowest BCUT2D eigenvalue weighted by atomic mass is 9.82. The Morgan fingerprint density at radius 2 is 1.58 bits per heavy atom. The van der Waals surface area contributed by atoms with Crippen LogP contribution in [-0.4, -0.2) is 134 Å². The van der Waals surface area contributed by atoms with Crippen molar-refractivity contribution in [3.05, 3.63) is 12.2 Å². The quantitative estimate of drug-likeness (QED) is 0.286. The molecule has 5 aliphatic rings. The fourth-order valence-corrected chi connectivity index (χ4v) is 8.32. The van der Waals surface area contributed by atoms with Crippen molar-refractivity contribution in [2.24, 2.45) is 23.7 Å². The molecule has 5 rings (SSSR count). The van der Waals surface area contributed by atoms with Gasteiger partial charge < -0.3 is 57.6 Å². The molecular weight excluding hydrogens is 684 g/mol. The summed E-state index contributed by atoms with van der Waals surface area (Å²) in [5, 5.41) is 22.0. The molecule has 0 aromatic carbocycles. The van der Waals surface area contributed by atoms with E-state index in [-0.39, 0.29) is 42.9 Å². The second-order valence-electron chi connectivity index (χ2n) is 15.3. The smallest absolute Gasteiger partial charge is 0.459 e. The van der Waals surface area contributed by atoms with Crippen LogP contribution in [0.25, 0.3) is 0 Å². The number of esters is 1. The van der Waals surface area contributed by atoms with Gasteiger partial charge in [0.25, 0.3) is 0 Å². The number of carbonyl (C=O) groups is 3. The van der Waals surface area contributed by atoms with Crippen LogP contribution in [0.2, 0.25) is 0 Å². The maximum absolute atomic E-state index is 13.4. The van der Waals surface area contributed by atoms with Crippen LogP contribution in [-0.2, 0) is 57.0 Å². The average Bonchev–Trinajstić information content (AvgIpc) is 3.79. The highest BCUT2D eigenvalue weighted by Crippen LogP contribution is 2.43. The molecule has 0 radical (unpaired) electrons. The largest absolute Gasteiger partial charge is 0.509 e. The molecule has 0 bridgehead atoms. The number of ether oxygens (including phenoxy) is 10. The molecule has 5 aliphatic heterocycles. The molecule has 4 fully saturated rings. The van der Waals surface area contributed by atoms with Crippen molar-refractivity contribution in [2.75, 3.05) is 20.8 Å². The number of aliphatic hydroxyl groups excluding tert-OH is 2. The molecule has 0 saturated carbocycles. The molecule has 1 unspecified atom stereocenters. The zero-order valence-corrected chi connectivity index (χ0v) is 31.7. The summed E-state index contributed by atoms with van der Waals surface area (Å²) in [6.07, 6.45) is -5.57. The van der Waals surface area contributed by atoms with Crippen LogP contribution >= 0.6 is 0 Å². The number of cyclic esters (lactones) is 2. The average molecular weight is 743 g/mol. The normalized spacial score (nSPS) is 48.4. The molecule has 0 aromatic rings. The molecule has 2 N–H and O–H groups in total. The number of rotatable bonds is 7. The summed E-state index contributed by atoms with van der Waals surface area (Å²) in [6, 6.07) is 0. The number of Topliss-reactive ketones (excluding diaryl/α,β-unsaturated/α-hetero) is 1. The maximum atomic E-state index is 13.4. The zero-order chi connectivity index (χ0) is 38.1. The zero-order valence-electron chi connectivity index (χ0n) is 31.7. The predicted molar refractivity (Wildman–Crippen MR) is 181 cm³/mol. The van der Waals surface area contributed by atoms with Crippen LogP contribution in [0.3, 0.4) is 0 Å². The van der Waals surface area contributed by atoms with Crippen LogP contribution in [0.1, 0.15) is 74.1 Å². The molecule has 0 aromatic heterocycles. The van der Waals surface area contributed by atoms with Crippen LogP contribution in [0.4, 0.5) is 4.79 Å². The molecule has 0 aliphatic carbocycles. The number of epoxide rings is 1. The second kappa shape index (κ2) is 17.1. The van der Waals surface area contributed by atoms with E-state index in [9.17, 15) is 24.6 Å². The molecule has 296 valence electrons. The van der Waals surface area contributed by atoms with E-state index in [2.05, 4.69) is 0 Å². The first-order valence-corrected chi connectivity index (χ1v) is 18.6. The van der Waals surface area contributed by atoms with Gasteiger partial charge in [-0.3, -0.25) is 4.79 Å². The van der Waals surface area contributed by atoms with Crippen molar-refractivity contribution in [1.82, 2.24) is 0 Å². The van der Waals surface area contributed by atoms with E-state index in [1.165, 1.54) is 20.3 Å². The van der Waals surface area contributed by atoms with E-state index in [1.54, 1.807) is 33.8 Å². The van der Waals surface area contributed by atoms with Gasteiger partial charge in [0.1, 0.15) is 42.4 Å². The number of methoxy groups -OCH3 is 2. The minimum absolute atomic E-state index is 0.0832. The van der Waals surface area contributed by atoms with Gasteiger partial charge in [0.2, 0.25) is 0 Å². The summed E-state index contributed by atoms with van der Waals surface area (Å²) in [4.78, 5) is 38.8. The van der Waals surface area contributed by atoms with Crippen LogP contribution in [0.5, 0.6) is 0 Å². The monoisotopic (exact) mass is 742 g/mol. The van der Waals surface area contributed by atoms with Crippen molar-refractivity contribution < 1.29 is 72.0 Å². The van der Waals surface area contributed by atoms with E-state index in [1.807, 2.05) is 20.8 Å². The summed E-state index contributed by atoms with van der Waals surface area (Å²) in [6.45, 7) is 12.8. The van der Waals surface area contributed by atoms with Gasteiger partial charge in [-0.15, -0.1) is 0 Å². The molecule has 15 heteroatoms.